The molecule has 1 amide bonds. The van der Waals surface area contributed by atoms with Gasteiger partial charge in [-0.05, 0) is 12.1 Å². The van der Waals surface area contributed by atoms with Crippen molar-refractivity contribution in [2.24, 2.45) is 7.05 Å². The highest BCUT2D eigenvalue weighted by molar-refractivity contribution is 5.99. The van der Waals surface area contributed by atoms with Crippen molar-refractivity contribution in [3.63, 3.8) is 0 Å². The van der Waals surface area contributed by atoms with Crippen molar-refractivity contribution in [2.45, 2.75) is 19.3 Å². The molecule has 3 heterocycles. The largest absolute Gasteiger partial charge is 0.467 e. The minimum atomic E-state index is -4.57. The van der Waals surface area contributed by atoms with E-state index in [0.717, 1.165) is 6.33 Å². The highest BCUT2D eigenvalue weighted by atomic mass is 19.4. The van der Waals surface area contributed by atoms with Gasteiger partial charge in [0.2, 0.25) is 5.88 Å². The van der Waals surface area contributed by atoms with Crippen molar-refractivity contribution in [2.75, 3.05) is 6.61 Å². The van der Waals surface area contributed by atoms with Crippen LogP contribution in [0.1, 0.15) is 21.6 Å². The summed E-state index contributed by atoms with van der Waals surface area (Å²) >= 11 is 0. The van der Waals surface area contributed by atoms with Crippen molar-refractivity contribution in [1.82, 2.24) is 24.6 Å². The van der Waals surface area contributed by atoms with Crippen LogP contribution in [0, 0.1) is 5.82 Å². The summed E-state index contributed by atoms with van der Waals surface area (Å²) in [5, 5.41) is 4.21. The molecule has 0 bridgehead atoms. The molecule has 0 unspecified atom stereocenters. The molecule has 0 radical (unpaired) electrons. The van der Waals surface area contributed by atoms with Crippen LogP contribution in [-0.2, 0) is 20.1 Å². The van der Waals surface area contributed by atoms with Crippen molar-refractivity contribution in [3.8, 4) is 17.1 Å². The number of carbonyl (C=O) groups excluding carboxylic acids is 1. The fourth-order valence-corrected chi connectivity index (χ4v) is 3.15. The van der Waals surface area contributed by atoms with E-state index in [9.17, 15) is 22.4 Å². The Labute approximate surface area is 167 Å². The third-order valence-electron chi connectivity index (χ3n) is 4.53. The third kappa shape index (κ3) is 3.95. The number of ether oxygens (including phenoxy) is 1. The van der Waals surface area contributed by atoms with Gasteiger partial charge in [-0.25, -0.2) is 14.4 Å². The Morgan fingerprint density at radius 3 is 2.67 bits per heavy atom. The molecular formula is C19H15F4N5O2. The highest BCUT2D eigenvalue weighted by Crippen LogP contribution is 2.30. The Bertz CT molecular complexity index is 1110. The molecule has 0 fully saturated rings. The lowest BCUT2D eigenvalue weighted by Gasteiger charge is -2.16. The number of alkyl halides is 3. The van der Waals surface area contributed by atoms with E-state index in [4.69, 9.17) is 0 Å². The number of aryl methyl sites for hydroxylation is 1. The van der Waals surface area contributed by atoms with E-state index >= 15 is 0 Å². The molecule has 0 aliphatic carbocycles. The molecule has 0 N–H and O–H groups in total. The zero-order valence-electron chi connectivity index (χ0n) is 15.6. The summed E-state index contributed by atoms with van der Waals surface area (Å²) in [5.41, 5.74) is 1.54. The van der Waals surface area contributed by atoms with Gasteiger partial charge in [0.25, 0.3) is 5.91 Å². The standard InChI is InChI=1S/C19H15F4N5O2/c1-27-5-4-14(26-27)11-2-3-12(13(20)6-11)7-28-8-15-16(18(28)29)17(25-10-24-15)30-9-19(21,22)23/h2-6,10H,7-9H2,1H3. The van der Waals surface area contributed by atoms with Crippen LogP contribution >= 0.6 is 0 Å². The minimum absolute atomic E-state index is 0.0144. The van der Waals surface area contributed by atoms with E-state index < -0.39 is 30.4 Å². The SMILES string of the molecule is Cn1ccc(-c2ccc(CN3Cc4ncnc(OCC(F)(F)F)c4C3=O)c(F)c2)n1. The second-order valence-corrected chi connectivity index (χ2v) is 6.75. The molecule has 2 aromatic heterocycles. The van der Waals surface area contributed by atoms with Crippen LogP contribution in [0.25, 0.3) is 11.3 Å². The molecular weight excluding hydrogens is 406 g/mol. The summed E-state index contributed by atoms with van der Waals surface area (Å²) in [6.45, 7) is -1.64. The van der Waals surface area contributed by atoms with Crippen molar-refractivity contribution >= 4 is 5.91 Å². The molecule has 1 aromatic carbocycles. The number of halogens is 4. The molecule has 1 aliphatic heterocycles. The zero-order chi connectivity index (χ0) is 21.5. The summed E-state index contributed by atoms with van der Waals surface area (Å²) in [5.74, 6) is -1.58. The van der Waals surface area contributed by atoms with Gasteiger partial charge in [0.05, 0.1) is 17.9 Å². The quantitative estimate of drug-likeness (QED) is 0.592. The second-order valence-electron chi connectivity index (χ2n) is 6.75. The van der Waals surface area contributed by atoms with Crippen LogP contribution in [0.4, 0.5) is 17.6 Å². The van der Waals surface area contributed by atoms with E-state index in [1.807, 2.05) is 0 Å². The first-order valence-corrected chi connectivity index (χ1v) is 8.82. The van der Waals surface area contributed by atoms with Crippen molar-refractivity contribution in [3.05, 3.63) is 59.4 Å². The third-order valence-corrected chi connectivity index (χ3v) is 4.53. The fraction of sp³-hybridized carbons (Fsp3) is 0.263. The molecule has 0 saturated heterocycles. The Morgan fingerprint density at radius 1 is 1.20 bits per heavy atom. The summed E-state index contributed by atoms with van der Waals surface area (Å²) in [6, 6.07) is 6.30. The van der Waals surface area contributed by atoms with E-state index in [1.165, 1.54) is 11.0 Å². The number of rotatable bonds is 5. The smallest absolute Gasteiger partial charge is 0.422 e. The Morgan fingerprint density at radius 2 is 2.00 bits per heavy atom. The number of fused-ring (bicyclic) bond motifs is 1. The summed E-state index contributed by atoms with van der Waals surface area (Å²) < 4.78 is 58.2. The van der Waals surface area contributed by atoms with E-state index in [2.05, 4.69) is 19.8 Å². The Balaban J connectivity index is 1.53. The normalized spacial score (nSPS) is 13.6. The summed E-state index contributed by atoms with van der Waals surface area (Å²) in [4.78, 5) is 21.6. The monoisotopic (exact) mass is 421 g/mol. The van der Waals surface area contributed by atoms with Gasteiger partial charge in [-0.3, -0.25) is 9.48 Å². The van der Waals surface area contributed by atoms with E-state index in [1.54, 1.807) is 36.1 Å². The number of aromatic nitrogens is 4. The first kappa shape index (κ1) is 19.8. The molecule has 4 rings (SSSR count). The number of amides is 1. The molecule has 0 atom stereocenters. The van der Waals surface area contributed by atoms with Gasteiger partial charge >= 0.3 is 6.18 Å². The van der Waals surface area contributed by atoms with Crippen molar-refractivity contribution in [1.29, 1.82) is 0 Å². The maximum Gasteiger partial charge on any atom is 0.422 e. The zero-order valence-corrected chi connectivity index (χ0v) is 15.6. The van der Waals surface area contributed by atoms with Gasteiger partial charge in [-0.2, -0.15) is 18.3 Å². The summed E-state index contributed by atoms with van der Waals surface area (Å²) in [6.07, 6.45) is -1.80. The molecule has 3 aromatic rings. The number of hydrogen-bond donors (Lipinski definition) is 0. The summed E-state index contributed by atoms with van der Waals surface area (Å²) in [7, 11) is 1.75. The van der Waals surface area contributed by atoms with Gasteiger partial charge in [-0.15, -0.1) is 0 Å². The number of carbonyl (C=O) groups is 1. The lowest BCUT2D eigenvalue weighted by Crippen LogP contribution is -2.25. The van der Waals surface area contributed by atoms with Gasteiger partial charge in [0.15, 0.2) is 6.61 Å². The molecule has 30 heavy (non-hydrogen) atoms. The van der Waals surface area contributed by atoms with Crippen LogP contribution in [0.5, 0.6) is 5.88 Å². The first-order valence-electron chi connectivity index (χ1n) is 8.82. The number of nitrogens with zero attached hydrogens (tertiary/aromatic N) is 5. The van der Waals surface area contributed by atoms with Gasteiger partial charge < -0.3 is 9.64 Å². The highest BCUT2D eigenvalue weighted by Gasteiger charge is 2.35. The van der Waals surface area contributed by atoms with E-state index in [-0.39, 0.29) is 29.9 Å². The van der Waals surface area contributed by atoms with Crippen LogP contribution in [-0.4, -0.2) is 43.3 Å². The van der Waals surface area contributed by atoms with E-state index in [0.29, 0.717) is 11.3 Å². The van der Waals surface area contributed by atoms with Gasteiger partial charge in [0.1, 0.15) is 17.7 Å². The Kier molecular flexibility index (Phi) is 4.88. The molecule has 1 aliphatic rings. The molecule has 156 valence electrons. The average Bonchev–Trinajstić information content (AvgIpc) is 3.25. The Hall–Kier alpha value is -3.50. The second kappa shape index (κ2) is 7.39. The average molecular weight is 421 g/mol. The van der Waals surface area contributed by atoms with Crippen LogP contribution < -0.4 is 4.74 Å². The van der Waals surface area contributed by atoms with Crippen LogP contribution in [0.15, 0.2) is 36.8 Å². The molecule has 7 nitrogen and oxygen atoms in total. The van der Waals surface area contributed by atoms with Crippen molar-refractivity contribution < 1.29 is 27.1 Å². The minimum Gasteiger partial charge on any atom is -0.467 e. The molecule has 11 heteroatoms. The van der Waals surface area contributed by atoms with Gasteiger partial charge in [0, 0.05) is 30.9 Å². The lowest BCUT2D eigenvalue weighted by atomic mass is 10.1. The van der Waals surface area contributed by atoms with Crippen LogP contribution in [0.2, 0.25) is 0 Å². The van der Waals surface area contributed by atoms with Crippen LogP contribution in [0.3, 0.4) is 0 Å². The predicted molar refractivity (Wildman–Crippen MR) is 95.8 cm³/mol. The predicted octanol–water partition coefficient (Wildman–Crippen LogP) is 3.11. The topological polar surface area (TPSA) is 73.1 Å². The molecule has 0 spiro atoms. The number of hydrogen-bond acceptors (Lipinski definition) is 5. The lowest BCUT2D eigenvalue weighted by molar-refractivity contribution is -0.154. The maximum absolute atomic E-state index is 14.6. The number of benzene rings is 1. The fourth-order valence-electron chi connectivity index (χ4n) is 3.15. The first-order chi connectivity index (χ1) is 14.2. The molecule has 0 saturated carbocycles. The van der Waals surface area contributed by atoms with Gasteiger partial charge in [-0.1, -0.05) is 12.1 Å². The maximum atomic E-state index is 14.6.